The molecule has 5 aromatic carbocycles. The average Bonchev–Trinajstić information content (AvgIpc) is 3.33. The first-order valence-electron chi connectivity index (χ1n) is 9.50. The van der Waals surface area contributed by atoms with Crippen molar-refractivity contribution < 1.29 is 0 Å². The maximum atomic E-state index is 5.08. The summed E-state index contributed by atoms with van der Waals surface area (Å²) < 4.78 is 2.63. The van der Waals surface area contributed by atoms with E-state index in [0.29, 0.717) is 0 Å². The van der Waals surface area contributed by atoms with Gasteiger partial charge in [-0.3, -0.25) is 0 Å². The summed E-state index contributed by atoms with van der Waals surface area (Å²) in [4.78, 5) is 5.08. The summed E-state index contributed by atoms with van der Waals surface area (Å²) in [7, 11) is 0. The molecule has 0 amide bonds. The van der Waals surface area contributed by atoms with Gasteiger partial charge in [0.1, 0.15) is 0 Å². The summed E-state index contributed by atoms with van der Waals surface area (Å²) in [5.41, 5.74) is 2.22. The molecule has 0 unspecified atom stereocenters. The number of benzene rings is 5. The molecule has 0 bridgehead atoms. The largest absolute Gasteiger partial charge is 0.656 e. The van der Waals surface area contributed by atoms with Gasteiger partial charge in [0.25, 0.3) is 0 Å². The highest BCUT2D eigenvalue weighted by Crippen LogP contribution is 2.47. The lowest BCUT2D eigenvalue weighted by Gasteiger charge is -2.09. The van der Waals surface area contributed by atoms with Crippen LogP contribution in [-0.4, -0.2) is 0 Å². The van der Waals surface area contributed by atoms with E-state index in [1.807, 2.05) is 11.3 Å². The minimum absolute atomic E-state index is 1.08. The van der Waals surface area contributed by atoms with E-state index in [0.717, 1.165) is 11.0 Å². The summed E-state index contributed by atoms with van der Waals surface area (Å²) >= 11 is 1.87. The third-order valence-corrected chi connectivity index (χ3v) is 7.06. The molecule has 0 saturated carbocycles. The molecule has 0 N–H and O–H groups in total. The summed E-state index contributed by atoms with van der Waals surface area (Å²) in [5, 5.41) is 10.5. The standard InChI is InChI=1S/C26H14NS/c1-2-8-16-15(7-1)13-14-21-23(16)24-18-10-4-3-9-17(18)22-19-11-5-6-12-20(19)27-25(22)26(24)28-21/h1-14H/q-1. The second-order valence-corrected chi connectivity index (χ2v) is 8.42. The van der Waals surface area contributed by atoms with Crippen molar-refractivity contribution in [2.24, 2.45) is 0 Å². The van der Waals surface area contributed by atoms with Crippen molar-refractivity contribution in [1.82, 2.24) is 4.98 Å². The highest BCUT2D eigenvalue weighted by Gasteiger charge is 2.15. The van der Waals surface area contributed by atoms with E-state index in [9.17, 15) is 0 Å². The van der Waals surface area contributed by atoms with Gasteiger partial charge in [0.05, 0.1) is 0 Å². The van der Waals surface area contributed by atoms with Gasteiger partial charge in [-0.1, -0.05) is 78.9 Å². The number of hydrogen-bond acceptors (Lipinski definition) is 1. The predicted molar refractivity (Wildman–Crippen MR) is 123 cm³/mol. The van der Waals surface area contributed by atoms with Crippen LogP contribution in [0.15, 0.2) is 84.9 Å². The lowest BCUT2D eigenvalue weighted by molar-refractivity contribution is 1.53. The van der Waals surface area contributed by atoms with Crippen LogP contribution in [0.1, 0.15) is 0 Å². The fourth-order valence-corrected chi connectivity index (χ4v) is 5.96. The zero-order valence-electron chi connectivity index (χ0n) is 14.9. The molecule has 0 saturated heterocycles. The zero-order valence-corrected chi connectivity index (χ0v) is 15.8. The van der Waals surface area contributed by atoms with E-state index in [1.165, 1.54) is 52.5 Å². The Hall–Kier alpha value is -3.36. The first kappa shape index (κ1) is 14.7. The Morgan fingerprint density at radius 2 is 1.21 bits per heavy atom. The molecule has 0 spiro atoms. The maximum absolute atomic E-state index is 5.08. The van der Waals surface area contributed by atoms with E-state index in [-0.39, 0.29) is 0 Å². The first-order valence-corrected chi connectivity index (χ1v) is 10.3. The topological polar surface area (TPSA) is 14.1 Å². The van der Waals surface area contributed by atoms with Crippen molar-refractivity contribution >= 4 is 74.9 Å². The van der Waals surface area contributed by atoms with Crippen LogP contribution >= 0.6 is 11.3 Å². The average molecular weight is 372 g/mol. The number of para-hydroxylation sites is 1. The minimum Gasteiger partial charge on any atom is -0.656 e. The van der Waals surface area contributed by atoms with Crippen LogP contribution < -0.4 is 4.98 Å². The molecule has 7 rings (SSSR count). The molecule has 0 atom stereocenters. The van der Waals surface area contributed by atoms with Gasteiger partial charge in [-0.2, -0.15) is 0 Å². The number of hydrogen-bond donors (Lipinski definition) is 0. The molecule has 1 nitrogen and oxygen atoms in total. The Balaban J connectivity index is 1.90. The number of aromatic nitrogens is 1. The molecule has 0 fully saturated rings. The molecule has 2 aromatic heterocycles. The molecular formula is C26H14NS-. The summed E-state index contributed by atoms with van der Waals surface area (Å²) in [6.07, 6.45) is 0. The van der Waals surface area contributed by atoms with Crippen LogP contribution in [0.4, 0.5) is 0 Å². The Bertz CT molecular complexity index is 1720. The van der Waals surface area contributed by atoms with Gasteiger partial charge in [0, 0.05) is 20.2 Å². The molecule has 7 aromatic rings. The highest BCUT2D eigenvalue weighted by atomic mass is 32.1. The number of nitrogens with zero attached hydrogens (tertiary/aromatic N) is 1. The van der Waals surface area contributed by atoms with Crippen LogP contribution in [0.3, 0.4) is 0 Å². The summed E-state index contributed by atoms with van der Waals surface area (Å²) in [5.74, 6) is 0. The predicted octanol–water partition coefficient (Wildman–Crippen LogP) is 7.62. The van der Waals surface area contributed by atoms with Crippen molar-refractivity contribution in [3.05, 3.63) is 84.9 Å². The Labute approximate surface area is 164 Å². The summed E-state index contributed by atoms with van der Waals surface area (Å²) in [6, 6.07) is 30.5. The number of rotatable bonds is 0. The lowest BCUT2D eigenvalue weighted by Crippen LogP contribution is -1.79. The second-order valence-electron chi connectivity index (χ2n) is 7.36. The number of fused-ring (bicyclic) bond motifs is 12. The smallest absolute Gasteiger partial charge is 0.0361 e. The van der Waals surface area contributed by atoms with Gasteiger partial charge in [0.2, 0.25) is 0 Å². The van der Waals surface area contributed by atoms with Crippen LogP contribution in [0, 0.1) is 0 Å². The molecule has 130 valence electrons. The highest BCUT2D eigenvalue weighted by molar-refractivity contribution is 7.27. The first-order chi connectivity index (χ1) is 13.9. The molecular weight excluding hydrogens is 358 g/mol. The van der Waals surface area contributed by atoms with Gasteiger partial charge in [0.15, 0.2) is 0 Å². The van der Waals surface area contributed by atoms with Crippen molar-refractivity contribution in [1.29, 1.82) is 0 Å². The Morgan fingerprint density at radius 1 is 0.536 bits per heavy atom. The SMILES string of the molecule is c1ccc2c(c1)ccc1sc3c4[n-]c5ccccc5c4c4ccccc4c3c12. The van der Waals surface area contributed by atoms with E-state index >= 15 is 0 Å². The quantitative estimate of drug-likeness (QED) is 0.267. The third kappa shape index (κ3) is 1.71. The Kier molecular flexibility index (Phi) is 2.68. The van der Waals surface area contributed by atoms with Gasteiger partial charge in [-0.05, 0) is 38.4 Å². The van der Waals surface area contributed by atoms with Gasteiger partial charge < -0.3 is 4.98 Å². The lowest BCUT2D eigenvalue weighted by atomic mass is 9.97. The van der Waals surface area contributed by atoms with Gasteiger partial charge in [-0.25, -0.2) is 0 Å². The summed E-state index contributed by atoms with van der Waals surface area (Å²) in [6.45, 7) is 0. The van der Waals surface area contributed by atoms with E-state index in [1.54, 1.807) is 0 Å². The Morgan fingerprint density at radius 3 is 2.07 bits per heavy atom. The van der Waals surface area contributed by atoms with E-state index < -0.39 is 0 Å². The molecule has 0 aliphatic carbocycles. The van der Waals surface area contributed by atoms with E-state index in [2.05, 4.69) is 84.9 Å². The van der Waals surface area contributed by atoms with Crippen molar-refractivity contribution in [2.45, 2.75) is 0 Å². The normalized spacial score (nSPS) is 12.3. The second kappa shape index (κ2) is 5.12. The van der Waals surface area contributed by atoms with Crippen LogP contribution in [-0.2, 0) is 0 Å². The molecule has 2 heteroatoms. The monoisotopic (exact) mass is 372 g/mol. The maximum Gasteiger partial charge on any atom is 0.0361 e. The van der Waals surface area contributed by atoms with Crippen molar-refractivity contribution in [3.8, 4) is 0 Å². The van der Waals surface area contributed by atoms with Crippen molar-refractivity contribution in [2.75, 3.05) is 0 Å². The van der Waals surface area contributed by atoms with Crippen LogP contribution in [0.25, 0.3) is 63.5 Å². The zero-order chi connectivity index (χ0) is 18.2. The van der Waals surface area contributed by atoms with Crippen LogP contribution in [0.2, 0.25) is 0 Å². The number of thiophene rings is 1. The molecule has 0 aliphatic heterocycles. The molecule has 0 radical (unpaired) electrons. The van der Waals surface area contributed by atoms with Crippen molar-refractivity contribution in [3.63, 3.8) is 0 Å². The van der Waals surface area contributed by atoms with E-state index in [4.69, 9.17) is 4.98 Å². The molecule has 0 aliphatic rings. The molecule has 28 heavy (non-hydrogen) atoms. The van der Waals surface area contributed by atoms with Gasteiger partial charge in [-0.15, -0.1) is 22.4 Å². The molecule has 2 heterocycles. The van der Waals surface area contributed by atoms with Gasteiger partial charge >= 0.3 is 0 Å². The fourth-order valence-electron chi connectivity index (χ4n) is 4.74. The fraction of sp³-hybridized carbons (Fsp3) is 0. The third-order valence-electron chi connectivity index (χ3n) is 5.90. The minimum atomic E-state index is 1.08. The van der Waals surface area contributed by atoms with Crippen LogP contribution in [0.5, 0.6) is 0 Å².